The minimum atomic E-state index is 0.916. The highest BCUT2D eigenvalue weighted by atomic mass is 32.1. The van der Waals surface area contributed by atoms with Crippen LogP contribution in [-0.2, 0) is 0 Å². The van der Waals surface area contributed by atoms with Gasteiger partial charge in [-0.1, -0.05) is 48.5 Å². The number of nitrogens with zero attached hydrogens (tertiary/aromatic N) is 1. The van der Waals surface area contributed by atoms with Gasteiger partial charge in [-0.25, -0.2) is 4.98 Å². The summed E-state index contributed by atoms with van der Waals surface area (Å²) in [4.78, 5) is 4.72. The zero-order valence-corrected chi connectivity index (χ0v) is 13.6. The van der Waals surface area contributed by atoms with E-state index in [0.29, 0.717) is 0 Å². The number of anilines is 2. The highest BCUT2D eigenvalue weighted by Crippen LogP contribution is 2.29. The number of rotatable bonds is 3. The van der Waals surface area contributed by atoms with Gasteiger partial charge in [-0.3, -0.25) is 0 Å². The molecule has 4 rings (SSSR count). The van der Waals surface area contributed by atoms with Gasteiger partial charge < -0.3 is 5.32 Å². The van der Waals surface area contributed by atoms with E-state index in [1.807, 2.05) is 0 Å². The second kappa shape index (κ2) is 5.86. The normalized spacial score (nSPS) is 10.8. The van der Waals surface area contributed by atoms with Gasteiger partial charge in [-0.15, -0.1) is 11.3 Å². The van der Waals surface area contributed by atoms with Crippen LogP contribution >= 0.6 is 11.3 Å². The Hall–Kier alpha value is -2.65. The minimum absolute atomic E-state index is 0.916. The molecule has 0 aliphatic heterocycles. The molecule has 4 aromatic rings. The third kappa shape index (κ3) is 2.96. The Morgan fingerprint density at radius 2 is 1.74 bits per heavy atom. The molecular formula is C20H16N2S. The third-order valence-corrected chi connectivity index (χ3v) is 4.58. The van der Waals surface area contributed by atoms with E-state index in [0.717, 1.165) is 22.1 Å². The molecule has 112 valence electrons. The zero-order chi connectivity index (χ0) is 15.6. The number of benzene rings is 3. The average molecular weight is 316 g/mol. The Morgan fingerprint density at radius 1 is 0.870 bits per heavy atom. The molecule has 0 aliphatic carbocycles. The summed E-state index contributed by atoms with van der Waals surface area (Å²) in [6.45, 7) is 2.09. The van der Waals surface area contributed by atoms with Gasteiger partial charge >= 0.3 is 0 Å². The number of thiazole rings is 1. The summed E-state index contributed by atoms with van der Waals surface area (Å²) in [5, 5.41) is 8.89. The van der Waals surface area contributed by atoms with Gasteiger partial charge in [0.1, 0.15) is 0 Å². The highest BCUT2D eigenvalue weighted by molar-refractivity contribution is 7.14. The lowest BCUT2D eigenvalue weighted by molar-refractivity contribution is 1.38. The van der Waals surface area contributed by atoms with E-state index in [-0.39, 0.29) is 0 Å². The maximum absolute atomic E-state index is 4.72. The van der Waals surface area contributed by atoms with Crippen molar-refractivity contribution in [1.82, 2.24) is 4.98 Å². The van der Waals surface area contributed by atoms with E-state index in [9.17, 15) is 0 Å². The van der Waals surface area contributed by atoms with Crippen molar-refractivity contribution in [3.63, 3.8) is 0 Å². The molecule has 0 saturated carbocycles. The summed E-state index contributed by atoms with van der Waals surface area (Å²) >= 11 is 1.63. The lowest BCUT2D eigenvalue weighted by atomic mass is 10.1. The molecule has 0 spiro atoms. The first-order valence-corrected chi connectivity index (χ1v) is 8.44. The minimum Gasteiger partial charge on any atom is -0.332 e. The van der Waals surface area contributed by atoms with Gasteiger partial charge in [-0.2, -0.15) is 0 Å². The molecule has 0 radical (unpaired) electrons. The monoisotopic (exact) mass is 316 g/mol. The molecule has 0 bridgehead atoms. The molecule has 1 aromatic heterocycles. The first-order chi connectivity index (χ1) is 11.3. The van der Waals surface area contributed by atoms with Crippen LogP contribution in [0.25, 0.3) is 22.0 Å². The van der Waals surface area contributed by atoms with Crippen LogP contribution in [0.3, 0.4) is 0 Å². The van der Waals surface area contributed by atoms with Crippen molar-refractivity contribution in [2.45, 2.75) is 6.92 Å². The van der Waals surface area contributed by atoms with Crippen LogP contribution in [0.5, 0.6) is 0 Å². The molecule has 0 fully saturated rings. The lowest BCUT2D eigenvalue weighted by Crippen LogP contribution is -1.89. The number of hydrogen-bond acceptors (Lipinski definition) is 3. The topological polar surface area (TPSA) is 24.9 Å². The number of fused-ring (bicyclic) bond motifs is 1. The molecule has 0 amide bonds. The molecule has 0 saturated heterocycles. The molecule has 1 heterocycles. The van der Waals surface area contributed by atoms with E-state index in [2.05, 4.69) is 84.4 Å². The van der Waals surface area contributed by atoms with Crippen molar-refractivity contribution < 1.29 is 0 Å². The van der Waals surface area contributed by atoms with Crippen LogP contribution in [0.15, 0.2) is 72.1 Å². The SMILES string of the molecule is Cc1cccc(Nc2nc(-c3ccc4ccccc4c3)cs2)c1. The van der Waals surface area contributed by atoms with Crippen molar-refractivity contribution in [2.75, 3.05) is 5.32 Å². The van der Waals surface area contributed by atoms with Gasteiger partial charge in [0.15, 0.2) is 5.13 Å². The largest absolute Gasteiger partial charge is 0.332 e. The Labute approximate surface area is 139 Å². The van der Waals surface area contributed by atoms with Crippen molar-refractivity contribution >= 4 is 32.9 Å². The zero-order valence-electron chi connectivity index (χ0n) is 12.8. The Morgan fingerprint density at radius 3 is 2.61 bits per heavy atom. The van der Waals surface area contributed by atoms with Gasteiger partial charge in [0, 0.05) is 16.6 Å². The summed E-state index contributed by atoms with van der Waals surface area (Å²) in [5.74, 6) is 0. The Kier molecular flexibility index (Phi) is 3.56. The molecule has 3 aromatic carbocycles. The fourth-order valence-corrected chi connectivity index (χ4v) is 3.40. The van der Waals surface area contributed by atoms with Crippen LogP contribution in [-0.4, -0.2) is 4.98 Å². The Bertz CT molecular complexity index is 972. The number of nitrogens with one attached hydrogen (secondary N) is 1. The van der Waals surface area contributed by atoms with E-state index in [4.69, 9.17) is 4.98 Å². The predicted molar refractivity (Wildman–Crippen MR) is 99.5 cm³/mol. The fourth-order valence-electron chi connectivity index (χ4n) is 2.66. The second-order valence-corrected chi connectivity index (χ2v) is 6.45. The van der Waals surface area contributed by atoms with Gasteiger partial charge in [0.05, 0.1) is 5.69 Å². The van der Waals surface area contributed by atoms with E-state index >= 15 is 0 Å². The Balaban J connectivity index is 1.63. The van der Waals surface area contributed by atoms with Crippen LogP contribution in [0.4, 0.5) is 10.8 Å². The van der Waals surface area contributed by atoms with Crippen LogP contribution < -0.4 is 5.32 Å². The third-order valence-electron chi connectivity index (χ3n) is 3.82. The molecule has 23 heavy (non-hydrogen) atoms. The second-order valence-electron chi connectivity index (χ2n) is 5.59. The van der Waals surface area contributed by atoms with Crippen LogP contribution in [0.2, 0.25) is 0 Å². The predicted octanol–water partition coefficient (Wildman–Crippen LogP) is 6.02. The summed E-state index contributed by atoms with van der Waals surface area (Å²) in [6.07, 6.45) is 0. The molecule has 0 atom stereocenters. The lowest BCUT2D eigenvalue weighted by Gasteiger charge is -2.03. The summed E-state index contributed by atoms with van der Waals surface area (Å²) in [7, 11) is 0. The van der Waals surface area contributed by atoms with Crippen LogP contribution in [0, 0.1) is 6.92 Å². The molecule has 1 N–H and O–H groups in total. The van der Waals surface area contributed by atoms with Crippen molar-refractivity contribution in [2.24, 2.45) is 0 Å². The molecule has 3 heteroatoms. The first-order valence-electron chi connectivity index (χ1n) is 7.56. The molecular weight excluding hydrogens is 300 g/mol. The van der Waals surface area contributed by atoms with Gasteiger partial charge in [0.2, 0.25) is 0 Å². The molecule has 0 unspecified atom stereocenters. The first kappa shape index (κ1) is 14.0. The van der Waals surface area contributed by atoms with Crippen molar-refractivity contribution in [1.29, 1.82) is 0 Å². The number of aryl methyl sites for hydroxylation is 1. The van der Waals surface area contributed by atoms with E-state index in [1.54, 1.807) is 11.3 Å². The quantitative estimate of drug-likeness (QED) is 0.500. The van der Waals surface area contributed by atoms with Crippen molar-refractivity contribution in [3.8, 4) is 11.3 Å². The van der Waals surface area contributed by atoms with Crippen LogP contribution in [0.1, 0.15) is 5.56 Å². The highest BCUT2D eigenvalue weighted by Gasteiger charge is 2.06. The van der Waals surface area contributed by atoms with E-state index in [1.165, 1.54) is 16.3 Å². The maximum atomic E-state index is 4.72. The standard InChI is InChI=1S/C20H16N2S/c1-14-5-4-8-18(11-14)21-20-22-19(13-23-20)17-10-9-15-6-2-3-7-16(15)12-17/h2-13H,1H3,(H,21,22). The number of aromatic nitrogens is 1. The number of hydrogen-bond donors (Lipinski definition) is 1. The van der Waals surface area contributed by atoms with Crippen molar-refractivity contribution in [3.05, 3.63) is 77.7 Å². The smallest absolute Gasteiger partial charge is 0.187 e. The average Bonchev–Trinajstić information content (AvgIpc) is 3.03. The fraction of sp³-hybridized carbons (Fsp3) is 0.0500. The van der Waals surface area contributed by atoms with E-state index < -0.39 is 0 Å². The molecule has 2 nitrogen and oxygen atoms in total. The molecule has 0 aliphatic rings. The summed E-state index contributed by atoms with van der Waals surface area (Å²) in [6, 6.07) is 23.2. The maximum Gasteiger partial charge on any atom is 0.187 e. The summed E-state index contributed by atoms with van der Waals surface area (Å²) in [5.41, 5.74) is 4.47. The summed E-state index contributed by atoms with van der Waals surface area (Å²) < 4.78 is 0. The van der Waals surface area contributed by atoms with Gasteiger partial charge in [-0.05, 0) is 41.5 Å². The van der Waals surface area contributed by atoms with Gasteiger partial charge in [0.25, 0.3) is 0 Å².